The highest BCUT2D eigenvalue weighted by Crippen LogP contribution is 2.16. The third kappa shape index (κ3) is 2.67. The lowest BCUT2D eigenvalue weighted by Gasteiger charge is -2.03. The number of hydrogen-bond acceptors (Lipinski definition) is 6. The number of nitrogens with two attached hydrogens (primary N) is 2. The van der Waals surface area contributed by atoms with E-state index in [1.165, 1.54) is 12.1 Å². The van der Waals surface area contributed by atoms with Gasteiger partial charge in [0.2, 0.25) is 10.0 Å². The fraction of sp³-hybridized carbons (Fsp3) is 0. The highest BCUT2D eigenvalue weighted by molar-refractivity contribution is 7.89. The SMILES string of the molecule is NC1=NC(=NNc2ccc(S(N)(=O)=O)cc2)c2cccnc21. The van der Waals surface area contributed by atoms with E-state index in [9.17, 15) is 8.42 Å². The first-order chi connectivity index (χ1) is 10.4. The first-order valence-electron chi connectivity index (χ1n) is 6.21. The number of benzene rings is 1. The minimum Gasteiger partial charge on any atom is -0.382 e. The van der Waals surface area contributed by atoms with Crippen LogP contribution in [-0.2, 0) is 10.0 Å². The summed E-state index contributed by atoms with van der Waals surface area (Å²) in [5.74, 6) is 0.719. The van der Waals surface area contributed by atoms with E-state index in [0.29, 0.717) is 23.1 Å². The molecule has 0 aliphatic carbocycles. The number of amidine groups is 2. The molecule has 1 aromatic carbocycles. The van der Waals surface area contributed by atoms with Gasteiger partial charge in [0.05, 0.1) is 16.1 Å². The van der Waals surface area contributed by atoms with Crippen molar-refractivity contribution < 1.29 is 8.42 Å². The summed E-state index contributed by atoms with van der Waals surface area (Å²) in [6.07, 6.45) is 1.63. The molecule has 2 heterocycles. The summed E-state index contributed by atoms with van der Waals surface area (Å²) in [5.41, 5.74) is 10.5. The van der Waals surface area contributed by atoms with Crippen LogP contribution in [0.5, 0.6) is 0 Å². The minimum atomic E-state index is -3.71. The maximum atomic E-state index is 11.2. The Kier molecular flexibility index (Phi) is 3.35. The molecular weight excluding hydrogens is 304 g/mol. The molecule has 2 aromatic rings. The van der Waals surface area contributed by atoms with Crippen LogP contribution in [0.3, 0.4) is 0 Å². The van der Waals surface area contributed by atoms with Crippen LogP contribution in [0.25, 0.3) is 0 Å². The summed E-state index contributed by atoms with van der Waals surface area (Å²) < 4.78 is 22.4. The zero-order valence-corrected chi connectivity index (χ0v) is 12.1. The molecule has 0 atom stereocenters. The smallest absolute Gasteiger partial charge is 0.238 e. The number of fused-ring (bicyclic) bond motifs is 1. The van der Waals surface area contributed by atoms with Gasteiger partial charge in [-0.1, -0.05) is 0 Å². The van der Waals surface area contributed by atoms with Crippen molar-refractivity contribution in [2.75, 3.05) is 5.43 Å². The van der Waals surface area contributed by atoms with E-state index in [0.717, 1.165) is 5.56 Å². The lowest BCUT2D eigenvalue weighted by Crippen LogP contribution is -2.11. The van der Waals surface area contributed by atoms with Crippen LogP contribution in [0.2, 0.25) is 0 Å². The second-order valence-electron chi connectivity index (χ2n) is 4.51. The maximum absolute atomic E-state index is 11.2. The molecular formula is C13H12N6O2S. The van der Waals surface area contributed by atoms with Crippen molar-refractivity contribution in [3.63, 3.8) is 0 Å². The number of aromatic nitrogens is 1. The predicted octanol–water partition coefficient (Wildman–Crippen LogP) is 0.222. The first-order valence-corrected chi connectivity index (χ1v) is 7.76. The Morgan fingerprint density at radius 2 is 1.86 bits per heavy atom. The van der Waals surface area contributed by atoms with Gasteiger partial charge in [0, 0.05) is 6.20 Å². The molecule has 5 N–H and O–H groups in total. The molecule has 112 valence electrons. The zero-order valence-electron chi connectivity index (χ0n) is 11.3. The summed E-state index contributed by atoms with van der Waals surface area (Å²) >= 11 is 0. The van der Waals surface area contributed by atoms with Crippen molar-refractivity contribution in [3.8, 4) is 0 Å². The van der Waals surface area contributed by atoms with Crippen molar-refractivity contribution in [3.05, 3.63) is 53.9 Å². The average Bonchev–Trinajstić information content (AvgIpc) is 2.82. The molecule has 1 aliphatic rings. The Morgan fingerprint density at radius 3 is 2.55 bits per heavy atom. The van der Waals surface area contributed by atoms with E-state index in [1.807, 2.05) is 6.07 Å². The number of primary sulfonamides is 1. The van der Waals surface area contributed by atoms with Gasteiger partial charge in [-0.2, -0.15) is 5.10 Å². The summed E-state index contributed by atoms with van der Waals surface area (Å²) in [4.78, 5) is 8.30. The Balaban J connectivity index is 1.84. The Bertz CT molecular complexity index is 887. The molecule has 1 aliphatic heterocycles. The van der Waals surface area contributed by atoms with Gasteiger partial charge in [-0.3, -0.25) is 10.4 Å². The molecule has 3 rings (SSSR count). The second-order valence-corrected chi connectivity index (χ2v) is 6.07. The fourth-order valence-corrected chi connectivity index (χ4v) is 2.45. The van der Waals surface area contributed by atoms with Crippen molar-refractivity contribution in [1.82, 2.24) is 4.98 Å². The van der Waals surface area contributed by atoms with E-state index in [2.05, 4.69) is 20.5 Å². The van der Waals surface area contributed by atoms with Crippen molar-refractivity contribution in [2.24, 2.45) is 21.0 Å². The van der Waals surface area contributed by atoms with Gasteiger partial charge in [-0.15, -0.1) is 0 Å². The van der Waals surface area contributed by atoms with Crippen LogP contribution >= 0.6 is 0 Å². The van der Waals surface area contributed by atoms with Crippen LogP contribution in [0, 0.1) is 0 Å². The average molecular weight is 316 g/mol. The molecule has 8 nitrogen and oxygen atoms in total. The number of pyridine rings is 1. The number of nitrogens with zero attached hydrogens (tertiary/aromatic N) is 3. The largest absolute Gasteiger partial charge is 0.382 e. The van der Waals surface area contributed by atoms with Crippen LogP contribution in [0.1, 0.15) is 11.3 Å². The number of nitrogens with one attached hydrogen (secondary N) is 1. The van der Waals surface area contributed by atoms with Gasteiger partial charge in [-0.25, -0.2) is 18.5 Å². The molecule has 0 amide bonds. The van der Waals surface area contributed by atoms with Crippen LogP contribution < -0.4 is 16.3 Å². The van der Waals surface area contributed by atoms with Crippen LogP contribution in [-0.4, -0.2) is 25.1 Å². The van der Waals surface area contributed by atoms with Crippen molar-refractivity contribution >= 4 is 27.4 Å². The Hall–Kier alpha value is -2.78. The molecule has 0 unspecified atom stereocenters. The molecule has 0 fully saturated rings. The molecule has 0 saturated heterocycles. The number of anilines is 1. The number of aliphatic imine (C=N–C) groups is 1. The molecule has 9 heteroatoms. The normalized spacial score (nSPS) is 15.5. The number of sulfonamides is 1. The quantitative estimate of drug-likeness (QED) is 0.696. The number of rotatable bonds is 3. The van der Waals surface area contributed by atoms with Crippen molar-refractivity contribution in [1.29, 1.82) is 0 Å². The molecule has 22 heavy (non-hydrogen) atoms. The second kappa shape index (κ2) is 5.20. The zero-order chi connectivity index (χ0) is 15.7. The minimum absolute atomic E-state index is 0.0309. The van der Waals surface area contributed by atoms with E-state index in [1.54, 1.807) is 24.4 Å². The van der Waals surface area contributed by atoms with Crippen LogP contribution in [0.15, 0.2) is 57.6 Å². The topological polar surface area (TPSA) is 136 Å². The maximum Gasteiger partial charge on any atom is 0.238 e. The highest BCUT2D eigenvalue weighted by atomic mass is 32.2. The van der Waals surface area contributed by atoms with Gasteiger partial charge in [0.15, 0.2) is 11.7 Å². The summed E-state index contributed by atoms with van der Waals surface area (Å²) in [6.45, 7) is 0. The molecule has 0 spiro atoms. The van der Waals surface area contributed by atoms with Gasteiger partial charge < -0.3 is 5.73 Å². The Morgan fingerprint density at radius 1 is 1.14 bits per heavy atom. The molecule has 0 saturated carbocycles. The summed E-state index contributed by atoms with van der Waals surface area (Å²) in [5, 5.41) is 9.19. The van der Waals surface area contributed by atoms with Gasteiger partial charge in [0.1, 0.15) is 5.69 Å². The van der Waals surface area contributed by atoms with Crippen LogP contribution in [0.4, 0.5) is 5.69 Å². The van der Waals surface area contributed by atoms with E-state index >= 15 is 0 Å². The third-order valence-electron chi connectivity index (χ3n) is 2.99. The van der Waals surface area contributed by atoms with E-state index in [4.69, 9.17) is 10.9 Å². The third-order valence-corrected chi connectivity index (χ3v) is 3.92. The van der Waals surface area contributed by atoms with Crippen molar-refractivity contribution in [2.45, 2.75) is 4.90 Å². The van der Waals surface area contributed by atoms with Gasteiger partial charge in [-0.05, 0) is 36.4 Å². The number of hydrazone groups is 1. The van der Waals surface area contributed by atoms with Gasteiger partial charge >= 0.3 is 0 Å². The molecule has 1 aromatic heterocycles. The predicted molar refractivity (Wildman–Crippen MR) is 82.9 cm³/mol. The molecule has 0 bridgehead atoms. The Labute approximate surface area is 126 Å². The molecule has 0 radical (unpaired) electrons. The highest BCUT2D eigenvalue weighted by Gasteiger charge is 2.20. The van der Waals surface area contributed by atoms with E-state index in [-0.39, 0.29) is 4.90 Å². The lowest BCUT2D eigenvalue weighted by atomic mass is 10.2. The van der Waals surface area contributed by atoms with E-state index < -0.39 is 10.0 Å². The fourth-order valence-electron chi connectivity index (χ4n) is 1.94. The first kappa shape index (κ1) is 14.2. The standard InChI is InChI=1S/C13H12N6O2S/c14-12-11-10(2-1-7-16-11)13(17-12)19-18-8-3-5-9(6-4-8)22(15,20)21/h1-7,18H,(H2,14,17,19)(H2,15,20,21). The summed E-state index contributed by atoms with van der Waals surface area (Å²) in [7, 11) is -3.71. The lowest BCUT2D eigenvalue weighted by molar-refractivity contribution is 0.598. The monoisotopic (exact) mass is 316 g/mol. The number of hydrogen-bond donors (Lipinski definition) is 3. The van der Waals surface area contributed by atoms with Gasteiger partial charge in [0.25, 0.3) is 0 Å². The summed E-state index contributed by atoms with van der Waals surface area (Å²) in [6, 6.07) is 9.46.